The number of hydrogen-bond donors (Lipinski definition) is 2. The van der Waals surface area contributed by atoms with Crippen molar-refractivity contribution < 1.29 is 24.5 Å². The van der Waals surface area contributed by atoms with Crippen molar-refractivity contribution in [1.82, 2.24) is 0 Å². The number of ether oxygens (including phenoxy) is 1. The van der Waals surface area contributed by atoms with Gasteiger partial charge in [-0.05, 0) is 18.9 Å². The van der Waals surface area contributed by atoms with Crippen molar-refractivity contribution in [3.63, 3.8) is 0 Å². The Morgan fingerprint density at radius 2 is 2.18 bits per heavy atom. The highest BCUT2D eigenvalue weighted by molar-refractivity contribution is 5.94. The summed E-state index contributed by atoms with van der Waals surface area (Å²) in [6.45, 7) is 0.121. The average Bonchev–Trinajstić information content (AvgIpc) is 2.64. The van der Waals surface area contributed by atoms with E-state index in [0.29, 0.717) is 13.0 Å². The minimum atomic E-state index is -0.972. The molecule has 0 fully saturated rings. The molecule has 2 atom stereocenters. The molecule has 0 heterocycles. The van der Waals surface area contributed by atoms with E-state index >= 15 is 0 Å². The number of unbranched alkanes of at least 4 members (excludes halogenated alkanes) is 1. The average molecular weight is 242 g/mol. The molecule has 0 amide bonds. The van der Waals surface area contributed by atoms with Crippen LogP contribution in [0.25, 0.3) is 0 Å². The van der Waals surface area contributed by atoms with Gasteiger partial charge in [-0.2, -0.15) is 0 Å². The summed E-state index contributed by atoms with van der Waals surface area (Å²) in [4.78, 5) is 21.6. The number of aliphatic hydroxyl groups excluding tert-OH is 1. The van der Waals surface area contributed by atoms with Gasteiger partial charge in [-0.25, -0.2) is 4.79 Å². The minimum Gasteiger partial charge on any atom is -0.480 e. The Morgan fingerprint density at radius 3 is 2.82 bits per heavy atom. The topological polar surface area (TPSA) is 83.8 Å². The van der Waals surface area contributed by atoms with Gasteiger partial charge in [0.05, 0.1) is 6.61 Å². The number of carboxylic acids is 1. The van der Waals surface area contributed by atoms with Gasteiger partial charge in [-0.15, -0.1) is 0 Å². The van der Waals surface area contributed by atoms with Crippen LogP contribution in [0.2, 0.25) is 0 Å². The number of aliphatic carboxylic acids is 1. The van der Waals surface area contributed by atoms with Crippen molar-refractivity contribution in [3.8, 4) is 0 Å². The van der Waals surface area contributed by atoms with E-state index in [1.54, 1.807) is 6.08 Å². The van der Waals surface area contributed by atoms with E-state index in [2.05, 4.69) is 0 Å². The standard InChI is InChI=1S/C12H18O5/c13-7-9-4-5-11(14)10(9)3-1-2-6-17-8-12(15)16/h4-5,9-10,13H,1-3,6-8H2,(H,15,16). The molecule has 5 nitrogen and oxygen atoms in total. The molecule has 2 unspecified atom stereocenters. The van der Waals surface area contributed by atoms with Crippen LogP contribution in [0.3, 0.4) is 0 Å². The lowest BCUT2D eigenvalue weighted by molar-refractivity contribution is -0.142. The van der Waals surface area contributed by atoms with E-state index in [0.717, 1.165) is 12.8 Å². The molecule has 5 heteroatoms. The Bertz CT molecular complexity index is 297. The Hall–Kier alpha value is -1.20. The lowest BCUT2D eigenvalue weighted by atomic mass is 9.90. The summed E-state index contributed by atoms with van der Waals surface area (Å²) in [5.74, 6) is -1.06. The summed E-state index contributed by atoms with van der Waals surface area (Å²) < 4.78 is 4.89. The first-order valence-corrected chi connectivity index (χ1v) is 5.77. The first kappa shape index (κ1) is 13.9. The minimum absolute atomic E-state index is 0.00240. The van der Waals surface area contributed by atoms with Crippen LogP contribution in [0.5, 0.6) is 0 Å². The quantitative estimate of drug-likeness (QED) is 0.610. The Labute approximate surface area is 100 Å². The highest BCUT2D eigenvalue weighted by atomic mass is 16.5. The number of aliphatic hydroxyl groups is 1. The molecule has 0 bridgehead atoms. The predicted molar refractivity (Wildman–Crippen MR) is 60.5 cm³/mol. The van der Waals surface area contributed by atoms with Crippen LogP contribution < -0.4 is 0 Å². The number of ketones is 1. The molecule has 2 N–H and O–H groups in total. The third-order valence-electron chi connectivity index (χ3n) is 2.88. The van der Waals surface area contributed by atoms with Gasteiger partial charge < -0.3 is 14.9 Å². The summed E-state index contributed by atoms with van der Waals surface area (Å²) in [7, 11) is 0. The van der Waals surface area contributed by atoms with Crippen molar-refractivity contribution in [1.29, 1.82) is 0 Å². The van der Waals surface area contributed by atoms with Gasteiger partial charge >= 0.3 is 5.97 Å². The number of carboxylic acid groups (broad SMARTS) is 1. The van der Waals surface area contributed by atoms with Gasteiger partial charge in [-0.3, -0.25) is 4.79 Å². The zero-order chi connectivity index (χ0) is 12.7. The van der Waals surface area contributed by atoms with Crippen LogP contribution in [0, 0.1) is 11.8 Å². The first-order chi connectivity index (χ1) is 8.15. The lowest BCUT2D eigenvalue weighted by Gasteiger charge is -2.15. The fraction of sp³-hybridized carbons (Fsp3) is 0.667. The second-order valence-corrected chi connectivity index (χ2v) is 4.16. The maximum absolute atomic E-state index is 11.4. The number of rotatable bonds is 8. The monoisotopic (exact) mass is 242 g/mol. The first-order valence-electron chi connectivity index (χ1n) is 5.77. The highest BCUT2D eigenvalue weighted by Crippen LogP contribution is 2.26. The molecule has 17 heavy (non-hydrogen) atoms. The van der Waals surface area contributed by atoms with Gasteiger partial charge in [0.25, 0.3) is 0 Å². The van der Waals surface area contributed by atoms with E-state index in [9.17, 15) is 9.59 Å². The SMILES string of the molecule is O=C(O)COCCCCC1C(=O)C=CC1CO. The third kappa shape index (κ3) is 4.66. The fourth-order valence-corrected chi connectivity index (χ4v) is 1.96. The van der Waals surface area contributed by atoms with Crippen LogP contribution in [0.1, 0.15) is 19.3 Å². The Morgan fingerprint density at radius 1 is 1.41 bits per heavy atom. The number of carbonyl (C=O) groups excluding carboxylic acids is 1. The summed E-state index contributed by atoms with van der Waals surface area (Å²) in [5.41, 5.74) is 0. The Kier molecular flexibility index (Phi) is 5.86. The number of hydrogen-bond acceptors (Lipinski definition) is 4. The molecule has 0 aromatic carbocycles. The van der Waals surface area contributed by atoms with E-state index in [-0.39, 0.29) is 30.8 Å². The molecular formula is C12H18O5. The van der Waals surface area contributed by atoms with Gasteiger partial charge in [-0.1, -0.05) is 12.5 Å². The molecule has 0 aromatic rings. The summed E-state index contributed by atoms with van der Waals surface area (Å²) in [6.07, 6.45) is 5.54. The normalized spacial score (nSPS) is 23.2. The van der Waals surface area contributed by atoms with E-state index < -0.39 is 5.97 Å². The van der Waals surface area contributed by atoms with Gasteiger partial charge in [0.2, 0.25) is 0 Å². The molecule has 0 aromatic heterocycles. The highest BCUT2D eigenvalue weighted by Gasteiger charge is 2.28. The van der Waals surface area contributed by atoms with Crippen LogP contribution in [0.15, 0.2) is 12.2 Å². The summed E-state index contributed by atoms with van der Waals surface area (Å²) in [5, 5.41) is 17.4. The maximum Gasteiger partial charge on any atom is 0.329 e. The molecule has 0 saturated carbocycles. The summed E-state index contributed by atoms with van der Waals surface area (Å²) >= 11 is 0. The second-order valence-electron chi connectivity index (χ2n) is 4.16. The predicted octanol–water partition coefficient (Wildman–Crippen LogP) is 0.622. The number of allylic oxidation sites excluding steroid dienone is 1. The largest absolute Gasteiger partial charge is 0.480 e. The van der Waals surface area contributed by atoms with Gasteiger partial charge in [0.1, 0.15) is 6.61 Å². The molecule has 1 aliphatic rings. The van der Waals surface area contributed by atoms with Crippen molar-refractivity contribution in [3.05, 3.63) is 12.2 Å². The second kappa shape index (κ2) is 7.19. The molecule has 0 radical (unpaired) electrons. The smallest absolute Gasteiger partial charge is 0.329 e. The fourth-order valence-electron chi connectivity index (χ4n) is 1.96. The molecular weight excluding hydrogens is 224 g/mol. The van der Waals surface area contributed by atoms with Gasteiger partial charge in [0.15, 0.2) is 5.78 Å². The van der Waals surface area contributed by atoms with Crippen LogP contribution >= 0.6 is 0 Å². The van der Waals surface area contributed by atoms with E-state index in [4.69, 9.17) is 14.9 Å². The zero-order valence-electron chi connectivity index (χ0n) is 9.67. The molecule has 1 aliphatic carbocycles. The maximum atomic E-state index is 11.4. The van der Waals surface area contributed by atoms with Crippen LogP contribution in [-0.2, 0) is 14.3 Å². The molecule has 96 valence electrons. The van der Waals surface area contributed by atoms with E-state index in [1.165, 1.54) is 6.08 Å². The summed E-state index contributed by atoms with van der Waals surface area (Å²) in [6, 6.07) is 0. The zero-order valence-corrected chi connectivity index (χ0v) is 9.67. The van der Waals surface area contributed by atoms with Crippen molar-refractivity contribution in [2.45, 2.75) is 19.3 Å². The van der Waals surface area contributed by atoms with Crippen molar-refractivity contribution in [2.75, 3.05) is 19.8 Å². The molecule has 0 aliphatic heterocycles. The number of carbonyl (C=O) groups is 2. The molecule has 1 rings (SSSR count). The van der Waals surface area contributed by atoms with Gasteiger partial charge in [0, 0.05) is 18.4 Å². The van der Waals surface area contributed by atoms with Crippen molar-refractivity contribution in [2.24, 2.45) is 11.8 Å². The lowest BCUT2D eigenvalue weighted by Crippen LogP contribution is -2.18. The third-order valence-corrected chi connectivity index (χ3v) is 2.88. The van der Waals surface area contributed by atoms with Crippen LogP contribution in [-0.4, -0.2) is 41.8 Å². The Balaban J connectivity index is 2.10. The molecule has 0 saturated heterocycles. The van der Waals surface area contributed by atoms with E-state index in [1.807, 2.05) is 0 Å². The molecule has 0 spiro atoms. The van der Waals surface area contributed by atoms with Crippen LogP contribution in [0.4, 0.5) is 0 Å². The van der Waals surface area contributed by atoms with Crippen molar-refractivity contribution >= 4 is 11.8 Å².